The second-order valence-corrected chi connectivity index (χ2v) is 17.1. The van der Waals surface area contributed by atoms with E-state index in [1.165, 1.54) is 86.6 Å². The van der Waals surface area contributed by atoms with Crippen molar-refractivity contribution in [1.29, 1.82) is 0 Å². The summed E-state index contributed by atoms with van der Waals surface area (Å²) < 4.78 is 2.58. The number of hydrogen-bond acceptors (Lipinski definition) is 2. The second-order valence-electron chi connectivity index (χ2n) is 16.0. The molecular weight excluding hydrogens is 755 g/mol. The molecule has 11 aromatic rings. The lowest BCUT2D eigenvalue weighted by atomic mass is 9.68. The van der Waals surface area contributed by atoms with Crippen molar-refractivity contribution in [3.8, 4) is 33.4 Å². The third kappa shape index (κ3) is 5.60. The minimum absolute atomic E-state index is 0.472. The number of rotatable bonds is 7. The normalized spacial score (nSPS) is 12.7. The maximum atomic E-state index is 2.47. The minimum atomic E-state index is -0.472. The Hall–Kier alpha value is -7.52. The second kappa shape index (κ2) is 14.3. The highest BCUT2D eigenvalue weighted by molar-refractivity contribution is 7.26. The molecule has 1 aromatic heterocycles. The van der Waals surface area contributed by atoms with Gasteiger partial charge in [-0.3, -0.25) is 0 Å². The maximum absolute atomic E-state index is 2.47. The van der Waals surface area contributed by atoms with Crippen LogP contribution < -0.4 is 4.90 Å². The summed E-state index contributed by atoms with van der Waals surface area (Å²) in [5, 5.41) is 5.04. The van der Waals surface area contributed by atoms with E-state index in [1.807, 2.05) is 11.3 Å². The van der Waals surface area contributed by atoms with Crippen molar-refractivity contribution in [2.75, 3.05) is 4.90 Å². The monoisotopic (exact) mass is 793 g/mol. The lowest BCUT2D eigenvalue weighted by Crippen LogP contribution is -2.28. The Bertz CT molecular complexity index is 3350. The highest BCUT2D eigenvalue weighted by atomic mass is 32.1. The Balaban J connectivity index is 1.11. The topological polar surface area (TPSA) is 3.24 Å². The predicted molar refractivity (Wildman–Crippen MR) is 260 cm³/mol. The van der Waals surface area contributed by atoms with Crippen molar-refractivity contribution >= 4 is 59.3 Å². The van der Waals surface area contributed by atoms with Crippen LogP contribution in [0.3, 0.4) is 0 Å². The molecule has 0 saturated heterocycles. The first-order chi connectivity index (χ1) is 30.3. The van der Waals surface area contributed by atoms with Gasteiger partial charge in [0.15, 0.2) is 0 Å². The molecule has 1 heterocycles. The molecule has 0 N–H and O–H groups in total. The van der Waals surface area contributed by atoms with E-state index in [-0.39, 0.29) is 0 Å². The molecule has 0 fully saturated rings. The zero-order valence-corrected chi connectivity index (χ0v) is 34.2. The molecular formula is C59H39NS. The van der Waals surface area contributed by atoms with E-state index in [0.717, 1.165) is 17.1 Å². The molecule has 61 heavy (non-hydrogen) atoms. The highest BCUT2D eigenvalue weighted by Crippen LogP contribution is 2.56. The van der Waals surface area contributed by atoms with Crippen molar-refractivity contribution in [1.82, 2.24) is 0 Å². The third-order valence-corrected chi connectivity index (χ3v) is 13.9. The van der Waals surface area contributed by atoms with Gasteiger partial charge >= 0.3 is 0 Å². The van der Waals surface area contributed by atoms with Crippen molar-refractivity contribution < 1.29 is 0 Å². The van der Waals surface area contributed by atoms with Gasteiger partial charge < -0.3 is 4.90 Å². The van der Waals surface area contributed by atoms with Crippen molar-refractivity contribution in [3.05, 3.63) is 259 Å². The van der Waals surface area contributed by atoms with E-state index in [4.69, 9.17) is 0 Å². The Morgan fingerprint density at radius 3 is 1.62 bits per heavy atom. The molecule has 0 radical (unpaired) electrons. The third-order valence-electron chi connectivity index (χ3n) is 12.8. The molecule has 0 amide bonds. The summed E-state index contributed by atoms with van der Waals surface area (Å²) in [5.41, 5.74) is 15.4. The average Bonchev–Trinajstić information content (AvgIpc) is 3.87. The fraction of sp³-hybridized carbons (Fsp3) is 0.0169. The van der Waals surface area contributed by atoms with Crippen LogP contribution in [0.1, 0.15) is 22.3 Å². The highest BCUT2D eigenvalue weighted by Gasteiger charge is 2.45. The number of fused-ring (bicyclic) bond motifs is 7. The molecule has 1 nitrogen and oxygen atoms in total. The van der Waals surface area contributed by atoms with Crippen LogP contribution in [-0.4, -0.2) is 0 Å². The van der Waals surface area contributed by atoms with Crippen LogP contribution in [0.4, 0.5) is 17.1 Å². The van der Waals surface area contributed by atoms with Crippen LogP contribution in [0.2, 0.25) is 0 Å². The van der Waals surface area contributed by atoms with Gasteiger partial charge in [0.2, 0.25) is 0 Å². The fourth-order valence-electron chi connectivity index (χ4n) is 10.1. The fourth-order valence-corrected chi connectivity index (χ4v) is 11.2. The zero-order valence-electron chi connectivity index (χ0n) is 33.4. The number of benzene rings is 10. The van der Waals surface area contributed by atoms with Gasteiger partial charge in [-0.2, -0.15) is 0 Å². The van der Waals surface area contributed by atoms with E-state index < -0.39 is 5.41 Å². The number of nitrogens with zero attached hydrogens (tertiary/aromatic N) is 1. The largest absolute Gasteiger partial charge is 0.310 e. The Labute approximate surface area is 360 Å². The molecule has 0 aliphatic heterocycles. The van der Waals surface area contributed by atoms with Crippen LogP contribution in [0, 0.1) is 0 Å². The predicted octanol–water partition coefficient (Wildman–Crippen LogP) is 16.4. The van der Waals surface area contributed by atoms with Gasteiger partial charge in [-0.1, -0.05) is 188 Å². The average molecular weight is 794 g/mol. The molecule has 2 heteroatoms. The first-order valence-corrected chi connectivity index (χ1v) is 21.8. The molecule has 0 unspecified atom stereocenters. The summed E-state index contributed by atoms with van der Waals surface area (Å²) >= 11 is 1.87. The van der Waals surface area contributed by atoms with Gasteiger partial charge in [-0.25, -0.2) is 0 Å². The minimum Gasteiger partial charge on any atom is -0.310 e. The van der Waals surface area contributed by atoms with Crippen molar-refractivity contribution in [3.63, 3.8) is 0 Å². The number of thiophene rings is 1. The van der Waals surface area contributed by atoms with Gasteiger partial charge in [0.25, 0.3) is 0 Å². The summed E-state index contributed by atoms with van der Waals surface area (Å²) in [5.74, 6) is 0. The quantitative estimate of drug-likeness (QED) is 0.155. The lowest BCUT2D eigenvalue weighted by molar-refractivity contribution is 0.768. The zero-order chi connectivity index (χ0) is 40.3. The number of anilines is 3. The molecule has 12 rings (SSSR count). The van der Waals surface area contributed by atoms with E-state index in [0.29, 0.717) is 0 Å². The van der Waals surface area contributed by atoms with Crippen molar-refractivity contribution in [2.24, 2.45) is 0 Å². The Morgan fingerprint density at radius 2 is 0.902 bits per heavy atom. The van der Waals surface area contributed by atoms with Gasteiger partial charge in [0, 0.05) is 37.1 Å². The summed E-state index contributed by atoms with van der Waals surface area (Å²) in [6.07, 6.45) is 0. The lowest BCUT2D eigenvalue weighted by Gasteiger charge is -2.34. The maximum Gasteiger partial charge on any atom is 0.0713 e. The molecule has 0 bridgehead atoms. The van der Waals surface area contributed by atoms with Crippen LogP contribution in [-0.2, 0) is 5.41 Å². The molecule has 0 spiro atoms. The first-order valence-electron chi connectivity index (χ1n) is 21.0. The summed E-state index contributed by atoms with van der Waals surface area (Å²) in [7, 11) is 0. The molecule has 1 aliphatic rings. The van der Waals surface area contributed by atoms with E-state index in [2.05, 4.69) is 241 Å². The van der Waals surface area contributed by atoms with Crippen molar-refractivity contribution in [2.45, 2.75) is 5.41 Å². The van der Waals surface area contributed by atoms with Crippen LogP contribution >= 0.6 is 11.3 Å². The Morgan fingerprint density at radius 1 is 0.361 bits per heavy atom. The van der Waals surface area contributed by atoms with Gasteiger partial charge in [-0.05, 0) is 109 Å². The molecule has 10 aromatic carbocycles. The summed E-state index contributed by atoms with van der Waals surface area (Å²) in [4.78, 5) is 2.47. The standard InChI is InChI=1S/C59H39NS/c1-3-15-40(16-4-1)42-29-33-47(34-30-42)60(54-37-38-56-58(51-23-11-14-26-55(51)61-56)57(54)44-28-27-41-17-7-8-18-43(41)39-44)48-35-31-46(32-36-48)59(45-19-5-2-6-20-45)52-24-12-9-21-49(52)50-22-10-13-25-53(50)59/h1-39H. The molecule has 1 aliphatic carbocycles. The van der Waals surface area contributed by atoms with Crippen LogP contribution in [0.5, 0.6) is 0 Å². The van der Waals surface area contributed by atoms with E-state index >= 15 is 0 Å². The molecule has 286 valence electrons. The van der Waals surface area contributed by atoms with Gasteiger partial charge in [-0.15, -0.1) is 11.3 Å². The first kappa shape index (κ1) is 35.4. The molecule has 0 saturated carbocycles. The van der Waals surface area contributed by atoms with Crippen LogP contribution in [0.15, 0.2) is 237 Å². The Kier molecular flexibility index (Phi) is 8.33. The smallest absolute Gasteiger partial charge is 0.0713 e. The van der Waals surface area contributed by atoms with E-state index in [1.54, 1.807) is 0 Å². The summed E-state index contributed by atoms with van der Waals surface area (Å²) in [6, 6.07) is 87.4. The SMILES string of the molecule is c1ccc(-c2ccc(N(c3ccc(C4(c5ccccc5)c5ccccc5-c5ccccc54)cc3)c3ccc4sc5ccccc5c4c3-c3ccc4ccccc4c3)cc2)cc1. The number of hydrogen-bond donors (Lipinski definition) is 0. The van der Waals surface area contributed by atoms with E-state index in [9.17, 15) is 0 Å². The summed E-state index contributed by atoms with van der Waals surface area (Å²) in [6.45, 7) is 0. The van der Waals surface area contributed by atoms with Gasteiger partial charge in [0.1, 0.15) is 0 Å². The van der Waals surface area contributed by atoms with Gasteiger partial charge in [0.05, 0.1) is 11.1 Å². The van der Waals surface area contributed by atoms with Crippen LogP contribution in [0.25, 0.3) is 64.3 Å². The molecule has 0 atom stereocenters.